The zero-order chi connectivity index (χ0) is 20.1. The van der Waals surface area contributed by atoms with E-state index in [1.165, 1.54) is 12.3 Å². The van der Waals surface area contributed by atoms with Gasteiger partial charge in [0.15, 0.2) is 0 Å². The van der Waals surface area contributed by atoms with Crippen molar-refractivity contribution < 1.29 is 13.7 Å². The predicted octanol–water partition coefficient (Wildman–Crippen LogP) is 2.05. The molecule has 1 aromatic carbocycles. The van der Waals surface area contributed by atoms with E-state index in [4.69, 9.17) is 0 Å². The van der Waals surface area contributed by atoms with E-state index >= 15 is 0 Å². The third kappa shape index (κ3) is 3.83. The van der Waals surface area contributed by atoms with Crippen molar-refractivity contribution in [1.29, 1.82) is 5.26 Å². The van der Waals surface area contributed by atoms with Crippen molar-refractivity contribution in [1.82, 2.24) is 4.98 Å². The van der Waals surface area contributed by atoms with Crippen LogP contribution in [0.5, 0.6) is 0 Å². The highest BCUT2D eigenvalue weighted by molar-refractivity contribution is 8.00. The number of hydrogen-bond acceptors (Lipinski definition) is 5. The van der Waals surface area contributed by atoms with E-state index in [1.807, 2.05) is 0 Å². The number of aliphatic imine (C=N–C) groups is 2. The van der Waals surface area contributed by atoms with Crippen molar-refractivity contribution in [3.63, 3.8) is 0 Å². The molecule has 28 heavy (non-hydrogen) atoms. The Kier molecular flexibility index (Phi) is 6.23. The van der Waals surface area contributed by atoms with Crippen LogP contribution in [0, 0.1) is 23.1 Å². The number of guanidine groups is 1. The highest BCUT2D eigenvalue weighted by Crippen LogP contribution is 2.38. The minimum Gasteiger partial charge on any atom is -0.394 e. The molecule has 2 heterocycles. The molecule has 7 nitrogen and oxygen atoms in total. The van der Waals surface area contributed by atoms with Crippen LogP contribution in [0.15, 0.2) is 58.6 Å². The maximum atomic E-state index is 14.7. The third-order valence-corrected chi connectivity index (χ3v) is 5.13. The van der Waals surface area contributed by atoms with Crippen molar-refractivity contribution >= 4 is 27.6 Å². The minimum absolute atomic E-state index is 0.0486. The quantitative estimate of drug-likeness (QED) is 0.848. The summed E-state index contributed by atoms with van der Waals surface area (Å²) in [5, 5.41) is 19.1. The van der Waals surface area contributed by atoms with E-state index in [-0.39, 0.29) is 29.7 Å². The van der Waals surface area contributed by atoms with Gasteiger partial charge in [-0.3, -0.25) is 9.11 Å². The first kappa shape index (κ1) is 19.8. The summed E-state index contributed by atoms with van der Waals surface area (Å²) < 4.78 is 27.0. The Balaban J connectivity index is 2.29. The summed E-state index contributed by atoms with van der Waals surface area (Å²) in [5.74, 6) is -0.939. The number of nitrogens with zero attached hydrogens (tertiary/aromatic N) is 5. The number of aliphatic hydroxyl groups excluding tert-OH is 1. The summed E-state index contributed by atoms with van der Waals surface area (Å²) in [6.07, 6.45) is 2.98. The van der Waals surface area contributed by atoms with Gasteiger partial charge in [-0.2, -0.15) is 5.26 Å². The van der Waals surface area contributed by atoms with Crippen LogP contribution in [-0.4, -0.2) is 44.7 Å². The lowest BCUT2D eigenvalue weighted by Crippen LogP contribution is -2.46. The van der Waals surface area contributed by atoms with E-state index in [2.05, 4.69) is 21.0 Å². The molecule has 3 unspecified atom stereocenters. The van der Waals surface area contributed by atoms with Gasteiger partial charge < -0.3 is 5.11 Å². The summed E-state index contributed by atoms with van der Waals surface area (Å²) in [5.41, 5.74) is 0.245. The number of hydrogen-bond donors (Lipinski definition) is 1. The zero-order valence-corrected chi connectivity index (χ0v) is 15.9. The number of anilines is 1. The summed E-state index contributed by atoms with van der Waals surface area (Å²) in [6.45, 7) is -0.168. The van der Waals surface area contributed by atoms with Gasteiger partial charge in [-0.1, -0.05) is 24.3 Å². The maximum absolute atomic E-state index is 14.7. The van der Waals surface area contributed by atoms with Crippen LogP contribution in [0.25, 0.3) is 0 Å². The molecule has 0 amide bonds. The molecule has 0 spiro atoms. The molecule has 9 heteroatoms. The van der Waals surface area contributed by atoms with E-state index in [1.54, 1.807) is 47.5 Å². The first-order valence-corrected chi connectivity index (χ1v) is 10.1. The predicted molar refractivity (Wildman–Crippen MR) is 106 cm³/mol. The fraction of sp³-hybridized carbons (Fsp3) is 0.263. The highest BCUT2D eigenvalue weighted by atomic mass is 32.2. The lowest BCUT2D eigenvalue weighted by atomic mass is 9.91. The van der Waals surface area contributed by atoms with Crippen molar-refractivity contribution in [2.75, 3.05) is 24.3 Å². The van der Waals surface area contributed by atoms with Crippen molar-refractivity contribution in [3.8, 4) is 6.07 Å². The molecule has 0 bridgehead atoms. The molecule has 0 fully saturated rings. The molecule has 0 saturated heterocycles. The fourth-order valence-electron chi connectivity index (χ4n) is 3.04. The van der Waals surface area contributed by atoms with Crippen molar-refractivity contribution in [2.45, 2.75) is 6.04 Å². The molecule has 0 aliphatic carbocycles. The number of nitriles is 1. The van der Waals surface area contributed by atoms with Crippen molar-refractivity contribution in [3.05, 3.63) is 60.0 Å². The maximum Gasteiger partial charge on any atom is 0.227 e. The topological polar surface area (TPSA) is 102 Å². The van der Waals surface area contributed by atoms with E-state index in [0.717, 1.165) is 0 Å². The van der Waals surface area contributed by atoms with Crippen LogP contribution in [-0.2, 0) is 10.8 Å². The molecule has 1 aliphatic rings. The summed E-state index contributed by atoms with van der Waals surface area (Å²) >= 11 is 0. The van der Waals surface area contributed by atoms with Crippen LogP contribution in [0.1, 0.15) is 11.6 Å². The molecule has 2 aromatic rings. The number of aliphatic hydroxyl groups is 1. The van der Waals surface area contributed by atoms with Gasteiger partial charge in [0, 0.05) is 18.0 Å². The SMILES string of the molecule is CS(=O)C1=NC(=NCCO)N(c2ccccn2)C(c2ccccc2F)C1C#N. The van der Waals surface area contributed by atoms with Gasteiger partial charge in [0.05, 0.1) is 36.1 Å². The summed E-state index contributed by atoms with van der Waals surface area (Å²) in [6, 6.07) is 12.5. The lowest BCUT2D eigenvalue weighted by molar-refractivity contribution is 0.306. The van der Waals surface area contributed by atoms with E-state index < -0.39 is 28.6 Å². The Hall–Kier alpha value is -2.96. The molecule has 0 radical (unpaired) electrons. The van der Waals surface area contributed by atoms with Crippen LogP contribution in [0.2, 0.25) is 0 Å². The summed E-state index contributed by atoms with van der Waals surface area (Å²) in [4.78, 5) is 14.5. The Morgan fingerprint density at radius 2 is 2.07 bits per heavy atom. The number of rotatable bonds is 4. The molecule has 1 aromatic heterocycles. The van der Waals surface area contributed by atoms with Gasteiger partial charge in [0.1, 0.15) is 22.6 Å². The molecule has 3 rings (SSSR count). The Labute approximate surface area is 164 Å². The largest absolute Gasteiger partial charge is 0.394 e. The van der Waals surface area contributed by atoms with Crippen LogP contribution in [0.3, 0.4) is 0 Å². The molecular formula is C19H18FN5O2S. The standard InChI is InChI=1S/C19H18FN5O2S/c1-28(27)18-14(12-21)17(13-6-2-3-7-15(13)20)25(16-8-4-5-9-22-16)19(24-18)23-10-11-26/h2-9,14,17,26H,10-11H2,1H3. The number of pyridine rings is 1. The van der Waals surface area contributed by atoms with Crippen LogP contribution < -0.4 is 4.90 Å². The Morgan fingerprint density at radius 3 is 2.68 bits per heavy atom. The average molecular weight is 399 g/mol. The molecular weight excluding hydrogens is 381 g/mol. The van der Waals surface area contributed by atoms with Crippen LogP contribution >= 0.6 is 0 Å². The second kappa shape index (κ2) is 8.82. The van der Waals surface area contributed by atoms with Gasteiger partial charge in [-0.15, -0.1) is 0 Å². The fourth-order valence-corrected chi connectivity index (χ4v) is 3.79. The second-order valence-electron chi connectivity index (χ2n) is 5.94. The van der Waals surface area contributed by atoms with E-state index in [9.17, 15) is 19.0 Å². The normalized spacial score (nSPS) is 21.9. The van der Waals surface area contributed by atoms with Gasteiger partial charge >= 0.3 is 0 Å². The molecule has 1 aliphatic heterocycles. The monoisotopic (exact) mass is 399 g/mol. The molecule has 1 N–H and O–H groups in total. The number of halogens is 1. The Bertz CT molecular complexity index is 974. The summed E-state index contributed by atoms with van der Waals surface area (Å²) in [7, 11) is -1.57. The van der Waals surface area contributed by atoms with Gasteiger partial charge in [-0.25, -0.2) is 19.4 Å². The minimum atomic E-state index is -1.57. The van der Waals surface area contributed by atoms with Crippen molar-refractivity contribution in [2.24, 2.45) is 15.9 Å². The van der Waals surface area contributed by atoms with Gasteiger partial charge in [0.25, 0.3) is 0 Å². The second-order valence-corrected chi connectivity index (χ2v) is 7.27. The third-order valence-electron chi connectivity index (χ3n) is 4.19. The molecule has 3 atom stereocenters. The first-order valence-electron chi connectivity index (χ1n) is 8.50. The molecule has 144 valence electrons. The van der Waals surface area contributed by atoms with Crippen LogP contribution in [0.4, 0.5) is 10.2 Å². The van der Waals surface area contributed by atoms with Gasteiger partial charge in [0.2, 0.25) is 5.96 Å². The first-order chi connectivity index (χ1) is 13.6. The number of aromatic nitrogens is 1. The lowest BCUT2D eigenvalue weighted by Gasteiger charge is -2.38. The highest BCUT2D eigenvalue weighted by Gasteiger charge is 2.42. The zero-order valence-electron chi connectivity index (χ0n) is 15.1. The Morgan fingerprint density at radius 1 is 1.32 bits per heavy atom. The molecule has 0 saturated carbocycles. The average Bonchev–Trinajstić information content (AvgIpc) is 2.72. The smallest absolute Gasteiger partial charge is 0.227 e. The number of benzene rings is 1. The van der Waals surface area contributed by atoms with E-state index in [0.29, 0.717) is 5.82 Å². The van der Waals surface area contributed by atoms with Gasteiger partial charge in [-0.05, 0) is 18.2 Å².